The van der Waals surface area contributed by atoms with Crippen molar-refractivity contribution in [1.29, 1.82) is 0 Å². The van der Waals surface area contributed by atoms with Crippen LogP contribution in [0.25, 0.3) is 0 Å². The van der Waals surface area contributed by atoms with Crippen LogP contribution >= 0.6 is 12.4 Å². The molecule has 1 aromatic carbocycles. The molecule has 0 saturated carbocycles. The molecule has 1 aromatic heterocycles. The number of nitrogens with one attached hydrogen (secondary N) is 1. The molecule has 0 aliphatic rings. The number of hydrogen-bond acceptors (Lipinski definition) is 4. The van der Waals surface area contributed by atoms with Gasteiger partial charge in [-0.1, -0.05) is 13.8 Å². The van der Waals surface area contributed by atoms with Gasteiger partial charge >= 0.3 is 0 Å². The minimum atomic E-state index is 0. The molecule has 0 aliphatic heterocycles. The largest absolute Gasteiger partial charge is 0.493 e. The van der Waals surface area contributed by atoms with Crippen LogP contribution in [0.2, 0.25) is 0 Å². The lowest BCUT2D eigenvalue weighted by Crippen LogP contribution is -2.04. The molecule has 0 atom stereocenters. The number of hydrogen-bond donors (Lipinski definition) is 1. The van der Waals surface area contributed by atoms with E-state index in [2.05, 4.69) is 29.1 Å². The zero-order valence-corrected chi connectivity index (χ0v) is 12.8. The van der Waals surface area contributed by atoms with Crippen LogP contribution in [-0.2, 0) is 0 Å². The molecule has 4 nitrogen and oxygen atoms in total. The minimum absolute atomic E-state index is 0. The van der Waals surface area contributed by atoms with Gasteiger partial charge in [0, 0.05) is 17.4 Å². The van der Waals surface area contributed by atoms with Crippen LogP contribution in [0, 0.1) is 12.8 Å². The number of aromatic nitrogens is 2. The summed E-state index contributed by atoms with van der Waals surface area (Å²) >= 11 is 0. The fraction of sp³-hybridized carbons (Fsp3) is 0.333. The second-order valence-electron chi connectivity index (χ2n) is 4.90. The highest BCUT2D eigenvalue weighted by Gasteiger charge is 1.99. The predicted octanol–water partition coefficient (Wildman–Crippen LogP) is 3.99. The molecule has 0 radical (unpaired) electrons. The molecule has 0 aliphatic carbocycles. The van der Waals surface area contributed by atoms with Gasteiger partial charge in [-0.25, -0.2) is 9.97 Å². The quantitative estimate of drug-likeness (QED) is 0.905. The van der Waals surface area contributed by atoms with Crippen LogP contribution in [0.15, 0.2) is 36.7 Å². The highest BCUT2D eigenvalue weighted by molar-refractivity contribution is 5.85. The summed E-state index contributed by atoms with van der Waals surface area (Å²) in [5.41, 5.74) is 1.92. The molecule has 108 valence electrons. The van der Waals surface area contributed by atoms with Crippen molar-refractivity contribution >= 4 is 23.9 Å². The maximum absolute atomic E-state index is 5.64. The third-order valence-electron chi connectivity index (χ3n) is 2.51. The topological polar surface area (TPSA) is 47.0 Å². The highest BCUT2D eigenvalue weighted by atomic mass is 35.5. The van der Waals surface area contributed by atoms with E-state index in [9.17, 15) is 0 Å². The van der Waals surface area contributed by atoms with E-state index in [4.69, 9.17) is 4.74 Å². The lowest BCUT2D eigenvalue weighted by molar-refractivity contribution is 0.271. The number of anilines is 2. The van der Waals surface area contributed by atoms with Gasteiger partial charge in [0.1, 0.15) is 17.9 Å². The molecule has 1 heterocycles. The molecule has 0 spiro atoms. The molecular weight excluding hydrogens is 274 g/mol. The molecule has 0 bridgehead atoms. The smallest absolute Gasteiger partial charge is 0.133 e. The Morgan fingerprint density at radius 3 is 2.45 bits per heavy atom. The molecule has 5 heteroatoms. The normalized spacial score (nSPS) is 10.0. The fourth-order valence-corrected chi connectivity index (χ4v) is 1.57. The average molecular weight is 294 g/mol. The lowest BCUT2D eigenvalue weighted by atomic mass is 10.2. The summed E-state index contributed by atoms with van der Waals surface area (Å²) in [6.07, 6.45) is 1.55. The predicted molar refractivity (Wildman–Crippen MR) is 84.1 cm³/mol. The van der Waals surface area contributed by atoms with Gasteiger partial charge in [0.15, 0.2) is 0 Å². The molecule has 0 amide bonds. The van der Waals surface area contributed by atoms with E-state index in [1.165, 1.54) is 0 Å². The van der Waals surface area contributed by atoms with Gasteiger partial charge in [-0.3, -0.25) is 0 Å². The molecule has 2 aromatic rings. The Kier molecular flexibility index (Phi) is 6.25. The van der Waals surface area contributed by atoms with Crippen LogP contribution in [0.1, 0.15) is 19.5 Å². The van der Waals surface area contributed by atoms with E-state index in [0.717, 1.165) is 29.6 Å². The zero-order chi connectivity index (χ0) is 13.7. The van der Waals surface area contributed by atoms with Crippen LogP contribution in [-0.4, -0.2) is 16.6 Å². The molecule has 2 rings (SSSR count). The Morgan fingerprint density at radius 1 is 1.15 bits per heavy atom. The van der Waals surface area contributed by atoms with Crippen LogP contribution in [0.5, 0.6) is 5.75 Å². The Labute approximate surface area is 126 Å². The first-order valence-corrected chi connectivity index (χ1v) is 6.42. The standard InChI is InChI=1S/C15H19N3O.ClH/c1-11(2)9-19-14-6-4-13(5-7-14)18-15-8-12(3)16-10-17-15;/h4-8,10-11H,9H2,1-3H3,(H,16,17,18);1H. The Hall–Kier alpha value is -1.81. The molecule has 20 heavy (non-hydrogen) atoms. The van der Waals surface area contributed by atoms with Crippen LogP contribution < -0.4 is 10.1 Å². The minimum Gasteiger partial charge on any atom is -0.493 e. The number of rotatable bonds is 5. The van der Waals surface area contributed by atoms with Crippen molar-refractivity contribution in [3.63, 3.8) is 0 Å². The van der Waals surface area contributed by atoms with Crippen LogP contribution in [0.4, 0.5) is 11.5 Å². The van der Waals surface area contributed by atoms with Crippen molar-refractivity contribution in [3.05, 3.63) is 42.4 Å². The summed E-state index contributed by atoms with van der Waals surface area (Å²) in [6, 6.07) is 9.78. The number of nitrogens with zero attached hydrogens (tertiary/aromatic N) is 2. The average Bonchev–Trinajstić information content (AvgIpc) is 2.38. The first-order valence-electron chi connectivity index (χ1n) is 6.42. The summed E-state index contributed by atoms with van der Waals surface area (Å²) < 4.78 is 5.64. The fourth-order valence-electron chi connectivity index (χ4n) is 1.57. The van der Waals surface area contributed by atoms with Gasteiger partial charge in [-0.2, -0.15) is 0 Å². The summed E-state index contributed by atoms with van der Waals surface area (Å²) in [6.45, 7) is 6.94. The van der Waals surface area contributed by atoms with E-state index in [1.54, 1.807) is 6.33 Å². The number of benzene rings is 1. The summed E-state index contributed by atoms with van der Waals surface area (Å²) in [5, 5.41) is 3.23. The first kappa shape index (κ1) is 16.2. The van der Waals surface area contributed by atoms with Crippen molar-refractivity contribution in [2.24, 2.45) is 5.92 Å². The first-order chi connectivity index (χ1) is 9.13. The summed E-state index contributed by atoms with van der Waals surface area (Å²) in [5.74, 6) is 2.21. The van der Waals surface area contributed by atoms with Gasteiger partial charge in [-0.05, 0) is 37.1 Å². The maximum Gasteiger partial charge on any atom is 0.133 e. The van der Waals surface area contributed by atoms with Crippen molar-refractivity contribution in [2.75, 3.05) is 11.9 Å². The van der Waals surface area contributed by atoms with Gasteiger partial charge in [-0.15, -0.1) is 12.4 Å². The van der Waals surface area contributed by atoms with Crippen LogP contribution in [0.3, 0.4) is 0 Å². The van der Waals surface area contributed by atoms with E-state index < -0.39 is 0 Å². The number of halogens is 1. The van der Waals surface area contributed by atoms with E-state index >= 15 is 0 Å². The van der Waals surface area contributed by atoms with Crippen molar-refractivity contribution in [2.45, 2.75) is 20.8 Å². The monoisotopic (exact) mass is 293 g/mol. The maximum atomic E-state index is 5.64. The van der Waals surface area contributed by atoms with E-state index in [0.29, 0.717) is 5.92 Å². The van der Waals surface area contributed by atoms with Crippen molar-refractivity contribution in [1.82, 2.24) is 9.97 Å². The number of ether oxygens (including phenoxy) is 1. The second-order valence-corrected chi connectivity index (χ2v) is 4.90. The van der Waals surface area contributed by atoms with E-state index in [1.807, 2.05) is 37.3 Å². The zero-order valence-electron chi connectivity index (χ0n) is 12.0. The molecular formula is C15H20ClN3O. The Bertz CT molecular complexity index is 529. The second kappa shape index (κ2) is 7.70. The molecule has 1 N–H and O–H groups in total. The number of aryl methyl sites for hydroxylation is 1. The third kappa shape index (κ3) is 5.05. The van der Waals surface area contributed by atoms with Gasteiger partial charge in [0.25, 0.3) is 0 Å². The Morgan fingerprint density at radius 2 is 1.85 bits per heavy atom. The highest BCUT2D eigenvalue weighted by Crippen LogP contribution is 2.19. The lowest BCUT2D eigenvalue weighted by Gasteiger charge is -2.10. The summed E-state index contributed by atoms with van der Waals surface area (Å²) in [4.78, 5) is 8.23. The molecule has 0 fully saturated rings. The van der Waals surface area contributed by atoms with Gasteiger partial charge in [0.05, 0.1) is 6.61 Å². The molecule has 0 unspecified atom stereocenters. The van der Waals surface area contributed by atoms with Gasteiger partial charge < -0.3 is 10.1 Å². The van der Waals surface area contributed by atoms with Gasteiger partial charge in [0.2, 0.25) is 0 Å². The third-order valence-corrected chi connectivity index (χ3v) is 2.51. The molecule has 0 saturated heterocycles. The Balaban J connectivity index is 0.00000200. The SMILES string of the molecule is Cc1cc(Nc2ccc(OCC(C)C)cc2)ncn1.Cl. The van der Waals surface area contributed by atoms with Crippen molar-refractivity contribution in [3.8, 4) is 5.75 Å². The van der Waals surface area contributed by atoms with E-state index in [-0.39, 0.29) is 12.4 Å². The van der Waals surface area contributed by atoms with Crippen molar-refractivity contribution < 1.29 is 4.74 Å². The summed E-state index contributed by atoms with van der Waals surface area (Å²) in [7, 11) is 0.